The van der Waals surface area contributed by atoms with Crippen LogP contribution >= 0.6 is 11.6 Å². The van der Waals surface area contributed by atoms with E-state index in [1.165, 1.54) is 0 Å². The zero-order chi connectivity index (χ0) is 16.7. The number of anilines is 1. The Morgan fingerprint density at radius 1 is 0.958 bits per heavy atom. The van der Waals surface area contributed by atoms with Crippen molar-refractivity contribution in [2.75, 3.05) is 5.73 Å². The van der Waals surface area contributed by atoms with Crippen molar-refractivity contribution in [1.82, 2.24) is 19.7 Å². The number of pyridine rings is 2. The van der Waals surface area contributed by atoms with E-state index in [0.29, 0.717) is 33.3 Å². The summed E-state index contributed by atoms with van der Waals surface area (Å²) in [6.45, 7) is 0. The molecular formula is C17H12ClN5O. The van der Waals surface area contributed by atoms with Gasteiger partial charge in [0, 0.05) is 16.8 Å². The average Bonchev–Trinajstić information content (AvgIpc) is 2.92. The first-order valence-electron chi connectivity index (χ1n) is 7.19. The number of hydrogen-bond acceptors (Lipinski definition) is 5. The largest absolute Gasteiger partial charge is 0.425 e. The quantitative estimate of drug-likeness (QED) is 0.545. The lowest BCUT2D eigenvalue weighted by Crippen LogP contribution is -2.00. The van der Waals surface area contributed by atoms with E-state index in [2.05, 4.69) is 15.0 Å². The summed E-state index contributed by atoms with van der Waals surface area (Å²) in [5.41, 5.74) is 8.71. The van der Waals surface area contributed by atoms with Gasteiger partial charge in [0.05, 0.1) is 11.3 Å². The summed E-state index contributed by atoms with van der Waals surface area (Å²) < 4.78 is 0.920. The highest BCUT2D eigenvalue weighted by molar-refractivity contribution is 6.33. The van der Waals surface area contributed by atoms with Crippen molar-refractivity contribution in [3.8, 4) is 22.6 Å². The average molecular weight is 338 g/mol. The molecule has 0 aliphatic carbocycles. The third-order valence-corrected chi connectivity index (χ3v) is 4.04. The number of rotatable bonds is 2. The van der Waals surface area contributed by atoms with Gasteiger partial charge in [-0.15, -0.1) is 4.73 Å². The van der Waals surface area contributed by atoms with Crippen LogP contribution in [0, 0.1) is 0 Å². The van der Waals surface area contributed by atoms with Crippen molar-refractivity contribution in [2.45, 2.75) is 0 Å². The highest BCUT2D eigenvalue weighted by Crippen LogP contribution is 2.30. The Bertz CT molecular complexity index is 1060. The molecule has 0 saturated heterocycles. The third kappa shape index (κ3) is 2.24. The molecule has 0 bridgehead atoms. The highest BCUT2D eigenvalue weighted by Gasteiger charge is 2.17. The summed E-state index contributed by atoms with van der Waals surface area (Å²) in [5, 5.41) is 11.1. The van der Waals surface area contributed by atoms with Crippen molar-refractivity contribution in [1.29, 1.82) is 0 Å². The minimum absolute atomic E-state index is 0.287. The number of nitrogen functional groups attached to an aromatic ring is 1. The van der Waals surface area contributed by atoms with Crippen LogP contribution in [0.3, 0.4) is 0 Å². The second-order valence-corrected chi connectivity index (χ2v) is 5.61. The predicted octanol–water partition coefficient (Wildman–Crippen LogP) is 3.63. The minimum atomic E-state index is 0.287. The lowest BCUT2D eigenvalue weighted by molar-refractivity contribution is 0.201. The SMILES string of the molecule is Nc1ncccc1-c1nc2ccc(-c3ccccc3Cl)nc2n1O. The Hall–Kier alpha value is -3.12. The van der Waals surface area contributed by atoms with E-state index in [1.54, 1.807) is 30.5 Å². The summed E-state index contributed by atoms with van der Waals surface area (Å²) in [6.07, 6.45) is 1.58. The number of nitrogens with two attached hydrogens (primary N) is 1. The van der Waals surface area contributed by atoms with Gasteiger partial charge >= 0.3 is 0 Å². The van der Waals surface area contributed by atoms with Gasteiger partial charge in [-0.3, -0.25) is 0 Å². The van der Waals surface area contributed by atoms with Crippen molar-refractivity contribution >= 4 is 28.6 Å². The molecule has 3 aromatic heterocycles. The van der Waals surface area contributed by atoms with Gasteiger partial charge in [-0.1, -0.05) is 29.8 Å². The van der Waals surface area contributed by atoms with Crippen molar-refractivity contribution in [2.24, 2.45) is 0 Å². The van der Waals surface area contributed by atoms with E-state index in [1.807, 2.05) is 24.3 Å². The van der Waals surface area contributed by atoms with E-state index >= 15 is 0 Å². The van der Waals surface area contributed by atoms with Crippen molar-refractivity contribution < 1.29 is 5.21 Å². The molecule has 118 valence electrons. The molecule has 6 nitrogen and oxygen atoms in total. The highest BCUT2D eigenvalue weighted by atomic mass is 35.5. The Morgan fingerprint density at radius 2 is 1.75 bits per heavy atom. The molecule has 7 heteroatoms. The summed E-state index contributed by atoms with van der Waals surface area (Å²) in [5.74, 6) is 0.578. The number of imidazole rings is 1. The van der Waals surface area contributed by atoms with Crippen LogP contribution in [-0.2, 0) is 0 Å². The maximum atomic E-state index is 10.5. The van der Waals surface area contributed by atoms with E-state index in [0.717, 1.165) is 10.3 Å². The van der Waals surface area contributed by atoms with Crippen molar-refractivity contribution in [3.63, 3.8) is 0 Å². The molecule has 4 aromatic rings. The monoisotopic (exact) mass is 337 g/mol. The molecule has 0 unspecified atom stereocenters. The molecule has 0 saturated carbocycles. The second-order valence-electron chi connectivity index (χ2n) is 5.20. The maximum Gasteiger partial charge on any atom is 0.197 e. The van der Waals surface area contributed by atoms with Crippen LogP contribution < -0.4 is 5.73 Å². The van der Waals surface area contributed by atoms with Gasteiger partial charge in [0.15, 0.2) is 11.5 Å². The topological polar surface area (TPSA) is 89.9 Å². The molecule has 24 heavy (non-hydrogen) atoms. The summed E-state index contributed by atoms with van der Waals surface area (Å²) >= 11 is 6.22. The van der Waals surface area contributed by atoms with Crippen LogP contribution in [-0.4, -0.2) is 24.9 Å². The second kappa shape index (κ2) is 5.50. The smallest absolute Gasteiger partial charge is 0.197 e. The van der Waals surface area contributed by atoms with Gasteiger partial charge in [0.25, 0.3) is 0 Å². The zero-order valence-electron chi connectivity index (χ0n) is 12.4. The van der Waals surface area contributed by atoms with Crippen LogP contribution in [0.4, 0.5) is 5.82 Å². The lowest BCUT2D eigenvalue weighted by Gasteiger charge is -2.04. The molecule has 1 aromatic carbocycles. The van der Waals surface area contributed by atoms with Crippen LogP contribution in [0.1, 0.15) is 0 Å². The Balaban J connectivity index is 1.92. The molecule has 4 rings (SSSR count). The van der Waals surface area contributed by atoms with Crippen LogP contribution in [0.25, 0.3) is 33.8 Å². The fraction of sp³-hybridized carbons (Fsp3) is 0. The minimum Gasteiger partial charge on any atom is -0.425 e. The first-order chi connectivity index (χ1) is 11.6. The first-order valence-corrected chi connectivity index (χ1v) is 7.57. The van der Waals surface area contributed by atoms with Crippen LogP contribution in [0.2, 0.25) is 5.02 Å². The molecule has 0 aliphatic heterocycles. The van der Waals surface area contributed by atoms with E-state index in [-0.39, 0.29) is 5.82 Å². The Kier molecular flexibility index (Phi) is 3.32. The molecular weight excluding hydrogens is 326 g/mol. The van der Waals surface area contributed by atoms with Crippen LogP contribution in [0.5, 0.6) is 0 Å². The normalized spacial score (nSPS) is 11.0. The maximum absolute atomic E-state index is 10.5. The predicted molar refractivity (Wildman–Crippen MR) is 92.8 cm³/mol. The van der Waals surface area contributed by atoms with Crippen molar-refractivity contribution in [3.05, 3.63) is 59.8 Å². The van der Waals surface area contributed by atoms with E-state index in [4.69, 9.17) is 17.3 Å². The number of fused-ring (bicyclic) bond motifs is 1. The number of aromatic nitrogens is 4. The zero-order valence-corrected chi connectivity index (χ0v) is 13.1. The number of hydrogen-bond donors (Lipinski definition) is 2. The third-order valence-electron chi connectivity index (χ3n) is 3.71. The molecule has 3 heterocycles. The van der Waals surface area contributed by atoms with Gasteiger partial charge in [0.1, 0.15) is 11.3 Å². The molecule has 0 amide bonds. The van der Waals surface area contributed by atoms with Gasteiger partial charge < -0.3 is 10.9 Å². The summed E-state index contributed by atoms with van der Waals surface area (Å²) in [6, 6.07) is 14.5. The summed E-state index contributed by atoms with van der Waals surface area (Å²) in [7, 11) is 0. The number of halogens is 1. The first kappa shape index (κ1) is 14.5. The van der Waals surface area contributed by atoms with E-state index in [9.17, 15) is 5.21 Å². The molecule has 0 spiro atoms. The molecule has 0 fully saturated rings. The van der Waals surface area contributed by atoms with E-state index < -0.39 is 0 Å². The molecule has 3 N–H and O–H groups in total. The number of nitrogens with zero attached hydrogens (tertiary/aromatic N) is 4. The number of benzene rings is 1. The Labute approximate surface area is 142 Å². The van der Waals surface area contributed by atoms with Crippen LogP contribution in [0.15, 0.2) is 54.7 Å². The lowest BCUT2D eigenvalue weighted by atomic mass is 10.1. The van der Waals surface area contributed by atoms with Gasteiger partial charge in [-0.05, 0) is 30.3 Å². The summed E-state index contributed by atoms with van der Waals surface area (Å²) in [4.78, 5) is 12.9. The molecule has 0 aliphatic rings. The van der Waals surface area contributed by atoms with Gasteiger partial charge in [-0.2, -0.15) is 0 Å². The standard InChI is InChI=1S/C17H12ClN5O/c18-12-6-2-1-4-10(12)13-7-8-14-17(21-13)23(24)16(22-14)11-5-3-9-20-15(11)19/h1-9,24H,(H2,19,20). The fourth-order valence-corrected chi connectivity index (χ4v) is 2.78. The van der Waals surface area contributed by atoms with Gasteiger partial charge in [-0.25, -0.2) is 15.0 Å². The Morgan fingerprint density at radius 3 is 2.54 bits per heavy atom. The molecule has 0 radical (unpaired) electrons. The van der Waals surface area contributed by atoms with Gasteiger partial charge in [0.2, 0.25) is 0 Å². The fourth-order valence-electron chi connectivity index (χ4n) is 2.55. The molecule has 0 atom stereocenters.